The first kappa shape index (κ1) is 13.5. The van der Waals surface area contributed by atoms with E-state index in [9.17, 15) is 20.2 Å². The molecule has 19 heavy (non-hydrogen) atoms. The van der Waals surface area contributed by atoms with Crippen molar-refractivity contribution in [2.75, 3.05) is 0 Å². The number of nitrogens with zero attached hydrogens (tertiary/aromatic N) is 3. The Hall–Kier alpha value is -1.96. The Labute approximate surface area is 113 Å². The molecule has 0 bridgehead atoms. The quantitative estimate of drug-likeness (QED) is 0.612. The van der Waals surface area contributed by atoms with E-state index in [1.54, 1.807) is 20.8 Å². The molecule has 1 aliphatic heterocycles. The van der Waals surface area contributed by atoms with Crippen LogP contribution in [0.15, 0.2) is 22.0 Å². The average Bonchev–Trinajstić information content (AvgIpc) is 2.26. The van der Waals surface area contributed by atoms with E-state index in [0.717, 1.165) is 6.07 Å². The zero-order valence-corrected chi connectivity index (χ0v) is 11.4. The van der Waals surface area contributed by atoms with E-state index in [2.05, 4.69) is 4.99 Å². The Morgan fingerprint density at radius 1 is 1.21 bits per heavy atom. The van der Waals surface area contributed by atoms with Crippen LogP contribution in [0, 0.1) is 20.2 Å². The second kappa shape index (κ2) is 4.30. The lowest BCUT2D eigenvalue weighted by atomic mass is 9.93. The number of rotatable bonds is 2. The topological polar surface area (TPSA) is 98.6 Å². The van der Waals surface area contributed by atoms with E-state index in [0.29, 0.717) is 15.5 Å². The minimum atomic E-state index is -0.707. The van der Waals surface area contributed by atoms with Crippen molar-refractivity contribution in [3.05, 3.63) is 37.9 Å². The Kier molecular flexibility index (Phi) is 3.05. The van der Waals surface area contributed by atoms with E-state index < -0.39 is 15.4 Å². The van der Waals surface area contributed by atoms with E-state index >= 15 is 0 Å². The molecule has 0 N–H and O–H groups in total. The molecule has 0 saturated heterocycles. The van der Waals surface area contributed by atoms with Gasteiger partial charge >= 0.3 is 0 Å². The van der Waals surface area contributed by atoms with Gasteiger partial charge in [-0.3, -0.25) is 25.2 Å². The largest absolute Gasteiger partial charge is 0.290 e. The molecule has 0 atom stereocenters. The first-order valence-electron chi connectivity index (χ1n) is 5.44. The highest BCUT2D eigenvalue weighted by atomic mass is 32.2. The fourth-order valence-corrected chi connectivity index (χ4v) is 3.25. The van der Waals surface area contributed by atoms with Gasteiger partial charge in [0.15, 0.2) is 0 Å². The summed E-state index contributed by atoms with van der Waals surface area (Å²) in [6.07, 6.45) is 0. The van der Waals surface area contributed by atoms with Crippen molar-refractivity contribution >= 4 is 28.2 Å². The maximum Gasteiger partial charge on any atom is 0.290 e. The number of nitro groups is 2. The molecule has 0 unspecified atom stereocenters. The molecule has 2 rings (SSSR count). The third-order valence-electron chi connectivity index (χ3n) is 2.81. The van der Waals surface area contributed by atoms with E-state index in [4.69, 9.17) is 0 Å². The molecule has 0 fully saturated rings. The molecular formula is C11H11N3O4S. The molecule has 100 valence electrons. The predicted molar refractivity (Wildman–Crippen MR) is 71.7 cm³/mol. The highest BCUT2D eigenvalue weighted by Gasteiger charge is 2.35. The summed E-state index contributed by atoms with van der Waals surface area (Å²) in [7, 11) is 0. The van der Waals surface area contributed by atoms with Crippen LogP contribution in [0.25, 0.3) is 0 Å². The van der Waals surface area contributed by atoms with Crippen molar-refractivity contribution in [1.82, 2.24) is 0 Å². The molecule has 0 saturated carbocycles. The van der Waals surface area contributed by atoms with Gasteiger partial charge in [0.05, 0.1) is 31.4 Å². The summed E-state index contributed by atoms with van der Waals surface area (Å²) in [6.45, 7) is 5.32. The van der Waals surface area contributed by atoms with E-state index in [1.165, 1.54) is 17.8 Å². The van der Waals surface area contributed by atoms with Crippen LogP contribution in [0.4, 0.5) is 11.4 Å². The second-order valence-electron chi connectivity index (χ2n) is 4.65. The standard InChI is InChI=1S/C11H11N3O4S/c1-6-12-11(2,3)8-4-7(13(15)16)5-9(14(17)18)10(8)19-6/h4-5H,1-3H3. The van der Waals surface area contributed by atoms with Gasteiger partial charge in [-0.1, -0.05) is 11.8 Å². The van der Waals surface area contributed by atoms with Gasteiger partial charge in [-0.25, -0.2) is 0 Å². The van der Waals surface area contributed by atoms with Crippen LogP contribution < -0.4 is 0 Å². The SMILES string of the molecule is CC1=NC(C)(C)c2cc([N+](=O)[O-])cc([N+](=O)[O-])c2S1. The number of benzene rings is 1. The van der Waals surface area contributed by atoms with Crippen LogP contribution in [0.2, 0.25) is 0 Å². The summed E-state index contributed by atoms with van der Waals surface area (Å²) in [6, 6.07) is 2.37. The summed E-state index contributed by atoms with van der Waals surface area (Å²) in [5.74, 6) is 0. The van der Waals surface area contributed by atoms with Gasteiger partial charge in [-0.05, 0) is 20.8 Å². The maximum absolute atomic E-state index is 11.1. The van der Waals surface area contributed by atoms with Crippen molar-refractivity contribution in [1.29, 1.82) is 0 Å². The minimum Gasteiger partial charge on any atom is -0.272 e. The normalized spacial score (nSPS) is 16.5. The molecule has 0 amide bonds. The molecule has 8 heteroatoms. The fourth-order valence-electron chi connectivity index (χ4n) is 2.03. The van der Waals surface area contributed by atoms with Crippen LogP contribution in [-0.4, -0.2) is 14.9 Å². The lowest BCUT2D eigenvalue weighted by Gasteiger charge is -2.27. The molecule has 0 aliphatic carbocycles. The van der Waals surface area contributed by atoms with E-state index in [1.807, 2.05) is 0 Å². The molecule has 1 aromatic carbocycles. The summed E-state index contributed by atoms with van der Waals surface area (Å²) in [4.78, 5) is 25.6. The highest BCUT2D eigenvalue weighted by Crippen LogP contribution is 2.46. The van der Waals surface area contributed by atoms with Gasteiger partial charge < -0.3 is 0 Å². The fraction of sp³-hybridized carbons (Fsp3) is 0.364. The van der Waals surface area contributed by atoms with Gasteiger partial charge in [0.25, 0.3) is 11.4 Å². The van der Waals surface area contributed by atoms with Crippen LogP contribution in [0.3, 0.4) is 0 Å². The monoisotopic (exact) mass is 281 g/mol. The molecule has 1 heterocycles. The van der Waals surface area contributed by atoms with Crippen molar-refractivity contribution in [2.24, 2.45) is 4.99 Å². The molecular weight excluding hydrogens is 270 g/mol. The van der Waals surface area contributed by atoms with Crippen molar-refractivity contribution in [3.8, 4) is 0 Å². The Balaban J connectivity index is 2.78. The third-order valence-corrected chi connectivity index (χ3v) is 3.83. The van der Waals surface area contributed by atoms with Crippen LogP contribution in [-0.2, 0) is 5.54 Å². The van der Waals surface area contributed by atoms with Crippen molar-refractivity contribution < 1.29 is 9.85 Å². The van der Waals surface area contributed by atoms with Crippen LogP contribution in [0.1, 0.15) is 26.3 Å². The number of hydrogen-bond donors (Lipinski definition) is 0. The Morgan fingerprint density at radius 3 is 2.37 bits per heavy atom. The van der Waals surface area contributed by atoms with E-state index in [-0.39, 0.29) is 11.4 Å². The molecule has 1 aliphatic rings. The zero-order valence-electron chi connectivity index (χ0n) is 10.5. The predicted octanol–water partition coefficient (Wildman–Crippen LogP) is 3.26. The summed E-state index contributed by atoms with van der Waals surface area (Å²) in [5.41, 5.74) is -0.712. The minimum absolute atomic E-state index is 0.239. The average molecular weight is 281 g/mol. The van der Waals surface area contributed by atoms with Crippen LogP contribution in [0.5, 0.6) is 0 Å². The van der Waals surface area contributed by atoms with Gasteiger partial charge in [-0.15, -0.1) is 0 Å². The van der Waals surface area contributed by atoms with Gasteiger partial charge in [-0.2, -0.15) is 0 Å². The first-order chi connectivity index (χ1) is 8.72. The number of fused-ring (bicyclic) bond motifs is 1. The van der Waals surface area contributed by atoms with Gasteiger partial charge in [0.1, 0.15) is 0 Å². The van der Waals surface area contributed by atoms with Crippen LogP contribution >= 0.6 is 11.8 Å². The summed E-state index contributed by atoms with van der Waals surface area (Å²) < 4.78 is 0. The number of aliphatic imine (C=N–C) groups is 1. The smallest absolute Gasteiger partial charge is 0.272 e. The first-order valence-corrected chi connectivity index (χ1v) is 6.25. The molecule has 0 radical (unpaired) electrons. The number of thioether (sulfide) groups is 1. The van der Waals surface area contributed by atoms with Gasteiger partial charge in [0, 0.05) is 11.6 Å². The second-order valence-corrected chi connectivity index (χ2v) is 5.85. The van der Waals surface area contributed by atoms with Gasteiger partial charge in [0.2, 0.25) is 0 Å². The molecule has 0 aromatic heterocycles. The summed E-state index contributed by atoms with van der Waals surface area (Å²) >= 11 is 1.18. The Bertz CT molecular complexity index is 625. The summed E-state index contributed by atoms with van der Waals surface area (Å²) in [5, 5.41) is 22.7. The third kappa shape index (κ3) is 2.30. The lowest BCUT2D eigenvalue weighted by Crippen LogP contribution is -2.21. The highest BCUT2D eigenvalue weighted by molar-refractivity contribution is 8.14. The number of non-ortho nitro benzene ring substituents is 1. The molecule has 7 nitrogen and oxygen atoms in total. The maximum atomic E-state index is 11.1. The molecule has 1 aromatic rings. The van der Waals surface area contributed by atoms with Crippen molar-refractivity contribution in [3.63, 3.8) is 0 Å². The van der Waals surface area contributed by atoms with Crippen molar-refractivity contribution in [2.45, 2.75) is 31.2 Å². The Morgan fingerprint density at radius 2 is 1.84 bits per heavy atom. The molecule has 0 spiro atoms. The zero-order chi connectivity index (χ0) is 14.4. The lowest BCUT2D eigenvalue weighted by molar-refractivity contribution is -0.396. The number of nitro benzene ring substituents is 2. The number of hydrogen-bond acceptors (Lipinski definition) is 6.